The molecule has 0 saturated heterocycles. The largest absolute Gasteiger partial charge is 0.515 e. The maximum atomic E-state index is 13.6. The second-order valence-electron chi connectivity index (χ2n) is 19.5. The predicted molar refractivity (Wildman–Crippen MR) is 260 cm³/mol. The first-order valence-corrected chi connectivity index (χ1v) is 24.0. The van der Waals surface area contributed by atoms with E-state index in [9.17, 15) is 19.8 Å². The molecule has 10 nitrogen and oxygen atoms in total. The summed E-state index contributed by atoms with van der Waals surface area (Å²) in [6, 6.07) is 5.96. The van der Waals surface area contributed by atoms with Gasteiger partial charge in [-0.15, -0.1) is 0 Å². The molecule has 5 heterocycles. The van der Waals surface area contributed by atoms with Crippen molar-refractivity contribution in [1.29, 1.82) is 0 Å². The molecule has 0 amide bonds. The zero-order valence-electron chi connectivity index (χ0n) is 40.5. The van der Waals surface area contributed by atoms with Gasteiger partial charge in [-0.25, -0.2) is 4.98 Å². The summed E-state index contributed by atoms with van der Waals surface area (Å²) in [5.74, 6) is -0.215. The Labute approximate surface area is 380 Å². The first-order chi connectivity index (χ1) is 30.6. The number of hydrogen-bond acceptors (Lipinski definition) is 8. The average molecular weight is 875 g/mol. The lowest BCUT2D eigenvalue weighted by Crippen LogP contribution is -2.18. The van der Waals surface area contributed by atoms with Crippen LogP contribution in [0.1, 0.15) is 190 Å². The highest BCUT2D eigenvalue weighted by Gasteiger charge is 2.41. The summed E-state index contributed by atoms with van der Waals surface area (Å²) < 4.78 is 11.1. The number of methoxy groups -OCH3 is 1. The van der Waals surface area contributed by atoms with Crippen LogP contribution in [0.25, 0.3) is 45.2 Å². The van der Waals surface area contributed by atoms with Crippen molar-refractivity contribution < 1.29 is 29.3 Å². The number of rotatable bonds is 19. The van der Waals surface area contributed by atoms with Crippen molar-refractivity contribution in [2.45, 2.75) is 164 Å². The third kappa shape index (κ3) is 10.5. The van der Waals surface area contributed by atoms with Crippen LogP contribution in [-0.2, 0) is 19.1 Å². The SMILES string of the molecule is CCC1=C(C)c2cc3[nH]c(cc4nc(c5c6[nH]c(cc1n2)c(C)c6=C(O)[C@@H]5C(=O)OC)[C@@H](CCC(=O)OC/C=C(\C)CCC[C@H](C)CCC[C@H](C)CCCC(C)C)[C@@H]4C)c(C)c3=CO. The van der Waals surface area contributed by atoms with E-state index in [0.717, 1.165) is 93.3 Å². The van der Waals surface area contributed by atoms with Gasteiger partial charge in [0.2, 0.25) is 0 Å². The maximum Gasteiger partial charge on any atom is 0.321 e. The summed E-state index contributed by atoms with van der Waals surface area (Å²) in [4.78, 5) is 44.5. The Balaban J connectivity index is 1.24. The molecule has 0 aromatic carbocycles. The number of fused-ring (bicyclic) bond motifs is 8. The second kappa shape index (κ2) is 21.2. The van der Waals surface area contributed by atoms with E-state index in [-0.39, 0.29) is 36.6 Å². The number of allylic oxidation sites excluding steroid dienone is 3. The number of aliphatic hydroxyl groups excluding tert-OH is 2. The molecule has 0 saturated carbocycles. The van der Waals surface area contributed by atoms with Gasteiger partial charge < -0.3 is 29.7 Å². The summed E-state index contributed by atoms with van der Waals surface area (Å²) in [5.41, 5.74) is 11.4. The highest BCUT2D eigenvalue weighted by molar-refractivity contribution is 5.97. The molecule has 0 unspecified atom stereocenters. The monoisotopic (exact) mass is 875 g/mol. The number of aliphatic hydroxyl groups is 2. The van der Waals surface area contributed by atoms with Gasteiger partial charge in [0.15, 0.2) is 0 Å². The summed E-state index contributed by atoms with van der Waals surface area (Å²) in [5, 5.41) is 23.6. The van der Waals surface area contributed by atoms with Gasteiger partial charge in [0.25, 0.3) is 0 Å². The normalized spacial score (nSPS) is 18.6. The number of aromatic nitrogens is 4. The number of aryl methyl sites for hydroxylation is 2. The fourth-order valence-electron chi connectivity index (χ4n) is 10.2. The van der Waals surface area contributed by atoms with Gasteiger partial charge in [0.1, 0.15) is 18.3 Å². The van der Waals surface area contributed by atoms with Gasteiger partial charge in [-0.05, 0) is 118 Å². The Morgan fingerprint density at radius 3 is 2.17 bits per heavy atom. The van der Waals surface area contributed by atoms with Crippen LogP contribution in [0.2, 0.25) is 0 Å². The molecule has 0 fully saturated rings. The number of nitrogens with one attached hydrogen (secondary N) is 2. The first kappa shape index (κ1) is 48.3. The highest BCUT2D eigenvalue weighted by atomic mass is 16.5. The molecule has 3 aromatic heterocycles. The van der Waals surface area contributed by atoms with Crippen molar-refractivity contribution in [3.63, 3.8) is 0 Å². The number of nitrogens with zero attached hydrogens (tertiary/aromatic N) is 2. The van der Waals surface area contributed by atoms with Crippen LogP contribution in [0, 0.1) is 31.6 Å². The molecule has 2 aliphatic heterocycles. The molecule has 10 heteroatoms. The van der Waals surface area contributed by atoms with E-state index >= 15 is 0 Å². The van der Waals surface area contributed by atoms with E-state index in [4.69, 9.17) is 19.4 Å². The summed E-state index contributed by atoms with van der Waals surface area (Å²) in [6.07, 6.45) is 15.7. The highest BCUT2D eigenvalue weighted by Crippen LogP contribution is 2.46. The summed E-state index contributed by atoms with van der Waals surface area (Å²) in [7, 11) is 1.32. The van der Waals surface area contributed by atoms with Gasteiger partial charge >= 0.3 is 11.9 Å². The number of esters is 2. The molecule has 346 valence electrons. The standard InChI is InChI=1S/C54H74N4O6/c1-12-38-34(7)42-27-46-40(29-59)36(9)41(56-46)26-43-35(8)39(51(57-43)49-50(54(62)63-11)53(61)48-37(10)44(58-52(48)49)28-45(38)55-42)22-23-47(60)64-25-24-33(6)21-15-20-32(5)19-14-18-31(4)17-13-16-30(2)3/h24,26-32,35,39,50,56,58-59,61H,12-23,25H2,1-11H3/b33-24+,40-29?,43-26?,45-28?,46-27?/t31-,32-,35+,39+,50-/m1/s1. The minimum Gasteiger partial charge on any atom is -0.515 e. The summed E-state index contributed by atoms with van der Waals surface area (Å²) >= 11 is 0. The van der Waals surface area contributed by atoms with E-state index in [1.54, 1.807) is 0 Å². The Hall–Kier alpha value is -5.12. The van der Waals surface area contributed by atoms with Gasteiger partial charge in [-0.2, -0.15) is 0 Å². The fraction of sp³-hybridized carbons (Fsp3) is 0.556. The van der Waals surface area contributed by atoms with Crippen molar-refractivity contribution >= 4 is 57.2 Å². The second-order valence-corrected chi connectivity index (χ2v) is 19.5. The van der Waals surface area contributed by atoms with Crippen molar-refractivity contribution in [2.75, 3.05) is 13.7 Å². The molecular formula is C54H74N4O6. The van der Waals surface area contributed by atoms with Crippen LogP contribution in [0.4, 0.5) is 0 Å². The average Bonchev–Trinajstić information content (AvgIpc) is 3.99. The number of ether oxygens (including phenoxy) is 2. The molecule has 5 atom stereocenters. The molecule has 1 aliphatic carbocycles. The molecule has 8 bridgehead atoms. The van der Waals surface area contributed by atoms with Gasteiger partial charge in [0.05, 0.1) is 41.5 Å². The number of aromatic amines is 2. The number of carbonyl (C=O) groups is 2. The first-order valence-electron chi connectivity index (χ1n) is 24.0. The lowest BCUT2D eigenvalue weighted by Gasteiger charge is -2.19. The molecular weight excluding hydrogens is 801 g/mol. The quantitative estimate of drug-likeness (QED) is 0.0687. The Morgan fingerprint density at radius 1 is 0.859 bits per heavy atom. The van der Waals surface area contributed by atoms with E-state index < -0.39 is 11.9 Å². The molecule has 3 aliphatic rings. The van der Waals surface area contributed by atoms with E-state index in [1.165, 1.54) is 57.6 Å². The van der Waals surface area contributed by atoms with Gasteiger partial charge in [0, 0.05) is 51.0 Å². The van der Waals surface area contributed by atoms with Crippen LogP contribution in [0.5, 0.6) is 0 Å². The Kier molecular flexibility index (Phi) is 16.0. The third-order valence-electron chi connectivity index (χ3n) is 14.3. The smallest absolute Gasteiger partial charge is 0.321 e. The van der Waals surface area contributed by atoms with Crippen molar-refractivity contribution in [1.82, 2.24) is 19.9 Å². The van der Waals surface area contributed by atoms with Crippen LogP contribution >= 0.6 is 0 Å². The van der Waals surface area contributed by atoms with Crippen molar-refractivity contribution in [2.24, 2.45) is 17.8 Å². The fourth-order valence-corrected chi connectivity index (χ4v) is 10.2. The third-order valence-corrected chi connectivity index (χ3v) is 14.3. The Bertz CT molecular complexity index is 2570. The predicted octanol–water partition coefficient (Wildman–Crippen LogP) is 12.1. The number of hydrogen-bond donors (Lipinski definition) is 4. The molecule has 4 N–H and O–H groups in total. The molecule has 64 heavy (non-hydrogen) atoms. The van der Waals surface area contributed by atoms with Crippen molar-refractivity contribution in [3.05, 3.63) is 79.8 Å². The van der Waals surface area contributed by atoms with Gasteiger partial charge in [-0.1, -0.05) is 92.1 Å². The van der Waals surface area contributed by atoms with Crippen LogP contribution in [0.3, 0.4) is 0 Å². The minimum absolute atomic E-state index is 0.0872. The lowest BCUT2D eigenvalue weighted by atomic mass is 9.84. The molecule has 0 spiro atoms. The van der Waals surface area contributed by atoms with E-state index in [1.807, 2.05) is 38.1 Å². The zero-order valence-corrected chi connectivity index (χ0v) is 40.5. The van der Waals surface area contributed by atoms with E-state index in [2.05, 4.69) is 65.4 Å². The number of carbonyl (C=O) groups excluding carboxylic acids is 2. The minimum atomic E-state index is -1.09. The van der Waals surface area contributed by atoms with E-state index in [0.29, 0.717) is 39.6 Å². The number of H-pyrrole nitrogens is 2. The lowest BCUT2D eigenvalue weighted by molar-refractivity contribution is -0.143. The van der Waals surface area contributed by atoms with Crippen LogP contribution in [0.15, 0.2) is 29.8 Å². The Morgan fingerprint density at radius 2 is 1.52 bits per heavy atom. The topological polar surface area (TPSA) is 150 Å². The molecule has 3 aromatic rings. The van der Waals surface area contributed by atoms with Crippen molar-refractivity contribution in [3.8, 4) is 0 Å². The summed E-state index contributed by atoms with van der Waals surface area (Å²) in [6.45, 7) is 21.9. The zero-order chi connectivity index (χ0) is 46.4. The van der Waals surface area contributed by atoms with Crippen LogP contribution < -0.4 is 10.4 Å². The van der Waals surface area contributed by atoms with Gasteiger partial charge in [-0.3, -0.25) is 14.6 Å². The maximum absolute atomic E-state index is 13.6. The molecule has 0 radical (unpaired) electrons. The molecule has 6 rings (SSSR count). The van der Waals surface area contributed by atoms with Crippen LogP contribution in [-0.4, -0.2) is 55.8 Å².